The Hall–Kier alpha value is -2.60. The molecule has 0 aromatic heterocycles. The van der Waals surface area contributed by atoms with Gasteiger partial charge in [0.1, 0.15) is 11.6 Å². The van der Waals surface area contributed by atoms with Crippen molar-refractivity contribution < 1.29 is 23.5 Å². The van der Waals surface area contributed by atoms with Gasteiger partial charge in [-0.15, -0.1) is 0 Å². The summed E-state index contributed by atoms with van der Waals surface area (Å²) in [6, 6.07) is 9.23. The van der Waals surface area contributed by atoms with Gasteiger partial charge in [0.25, 0.3) is 5.91 Å². The number of Topliss-reactive ketones (excluding diaryl/α,β-unsaturated/α-hetero) is 1. The Morgan fingerprint density at radius 3 is 2.29 bits per heavy atom. The Morgan fingerprint density at radius 2 is 1.71 bits per heavy atom. The maximum Gasteiger partial charge on any atom is 0.251 e. The van der Waals surface area contributed by atoms with Crippen molar-refractivity contribution in [2.45, 2.75) is 19.4 Å². The molecule has 24 heavy (non-hydrogen) atoms. The van der Waals surface area contributed by atoms with E-state index in [1.165, 1.54) is 25.1 Å². The van der Waals surface area contributed by atoms with Crippen molar-refractivity contribution >= 4 is 11.7 Å². The Morgan fingerprint density at radius 1 is 1.08 bits per heavy atom. The molecular weight excluding hydrogens is 316 g/mol. The van der Waals surface area contributed by atoms with Gasteiger partial charge in [-0.3, -0.25) is 9.59 Å². The molecule has 1 atom stereocenters. The van der Waals surface area contributed by atoms with E-state index < -0.39 is 23.6 Å². The average molecular weight is 333 g/mol. The van der Waals surface area contributed by atoms with Crippen LogP contribution in [0, 0.1) is 11.6 Å². The monoisotopic (exact) mass is 333 g/mol. The molecule has 0 radical (unpaired) electrons. The number of nitrogens with one attached hydrogen (secondary N) is 1. The summed E-state index contributed by atoms with van der Waals surface area (Å²) >= 11 is 0. The van der Waals surface area contributed by atoms with E-state index in [0.717, 1.165) is 12.1 Å². The second-order valence-corrected chi connectivity index (χ2v) is 5.44. The van der Waals surface area contributed by atoms with Gasteiger partial charge in [0.05, 0.1) is 6.10 Å². The van der Waals surface area contributed by atoms with Crippen molar-refractivity contribution in [3.05, 3.63) is 70.8 Å². The lowest BCUT2D eigenvalue weighted by atomic mass is 10.1. The summed E-state index contributed by atoms with van der Waals surface area (Å²) in [7, 11) is 0. The van der Waals surface area contributed by atoms with Crippen molar-refractivity contribution in [2.75, 3.05) is 6.54 Å². The third-order valence-electron chi connectivity index (χ3n) is 3.52. The van der Waals surface area contributed by atoms with Crippen LogP contribution >= 0.6 is 0 Å². The number of carbonyl (C=O) groups excluding carboxylic acids is 2. The van der Waals surface area contributed by atoms with Crippen molar-refractivity contribution in [3.63, 3.8) is 0 Å². The number of hydrogen-bond donors (Lipinski definition) is 2. The van der Waals surface area contributed by atoms with Crippen LogP contribution in [0.5, 0.6) is 0 Å². The normalized spacial score (nSPS) is 11.8. The highest BCUT2D eigenvalue weighted by molar-refractivity contribution is 5.97. The minimum Gasteiger partial charge on any atom is -0.391 e. The second kappa shape index (κ2) is 7.79. The molecule has 0 fully saturated rings. The van der Waals surface area contributed by atoms with Crippen molar-refractivity contribution in [1.82, 2.24) is 5.32 Å². The van der Waals surface area contributed by atoms with Crippen molar-refractivity contribution in [1.29, 1.82) is 0 Å². The molecule has 2 N–H and O–H groups in total. The second-order valence-electron chi connectivity index (χ2n) is 5.44. The number of aliphatic hydroxyl groups is 1. The molecule has 0 aliphatic carbocycles. The maximum atomic E-state index is 13.5. The zero-order valence-corrected chi connectivity index (χ0v) is 13.1. The zero-order chi connectivity index (χ0) is 17.7. The van der Waals surface area contributed by atoms with Gasteiger partial charge >= 0.3 is 0 Å². The molecule has 0 saturated carbocycles. The molecular formula is C18H17F2NO3. The van der Waals surface area contributed by atoms with Crippen LogP contribution in [0.1, 0.15) is 33.2 Å². The van der Waals surface area contributed by atoms with Crippen LogP contribution in [0.2, 0.25) is 0 Å². The summed E-state index contributed by atoms with van der Waals surface area (Å²) in [5, 5.41) is 12.4. The predicted octanol–water partition coefficient (Wildman–Crippen LogP) is 2.50. The predicted molar refractivity (Wildman–Crippen MR) is 84.8 cm³/mol. The van der Waals surface area contributed by atoms with E-state index in [0.29, 0.717) is 11.1 Å². The van der Waals surface area contributed by atoms with Gasteiger partial charge in [-0.25, -0.2) is 8.78 Å². The van der Waals surface area contributed by atoms with E-state index in [-0.39, 0.29) is 24.3 Å². The van der Waals surface area contributed by atoms with Crippen LogP contribution in [0.25, 0.3) is 0 Å². The third-order valence-corrected chi connectivity index (χ3v) is 3.52. The number of aliphatic hydroxyl groups excluding tert-OH is 1. The van der Waals surface area contributed by atoms with Crippen molar-refractivity contribution in [3.8, 4) is 0 Å². The van der Waals surface area contributed by atoms with E-state index in [4.69, 9.17) is 0 Å². The van der Waals surface area contributed by atoms with Gasteiger partial charge in [-0.1, -0.05) is 18.2 Å². The molecule has 0 bridgehead atoms. The Balaban J connectivity index is 1.89. The van der Waals surface area contributed by atoms with E-state index in [9.17, 15) is 23.5 Å². The lowest BCUT2D eigenvalue weighted by Gasteiger charge is -2.13. The SMILES string of the molecule is CC(=O)c1ccc(C(=O)NCC(O)Cc2ccc(F)cc2F)cc1. The van der Waals surface area contributed by atoms with E-state index in [1.54, 1.807) is 12.1 Å². The minimum atomic E-state index is -1.01. The number of benzene rings is 2. The Labute approximate surface area is 138 Å². The van der Waals surface area contributed by atoms with Gasteiger partial charge in [-0.2, -0.15) is 0 Å². The zero-order valence-electron chi connectivity index (χ0n) is 13.1. The average Bonchev–Trinajstić information content (AvgIpc) is 2.55. The lowest BCUT2D eigenvalue weighted by Crippen LogP contribution is -2.33. The summed E-state index contributed by atoms with van der Waals surface area (Å²) in [5.41, 5.74) is 1.02. The number of rotatable bonds is 6. The highest BCUT2D eigenvalue weighted by Crippen LogP contribution is 2.12. The number of amides is 1. The molecule has 1 unspecified atom stereocenters. The molecule has 2 rings (SSSR count). The Kier molecular flexibility index (Phi) is 5.76. The standard InChI is InChI=1S/C18H17F2NO3/c1-11(22)12-2-4-13(5-3-12)18(24)21-10-16(23)8-14-6-7-15(19)9-17(14)20/h2-7,9,16,23H,8,10H2,1H3,(H,21,24). The quantitative estimate of drug-likeness (QED) is 0.798. The number of ketones is 1. The number of halogens is 2. The van der Waals surface area contributed by atoms with Crippen LogP contribution in [-0.4, -0.2) is 29.4 Å². The molecule has 1 amide bonds. The number of carbonyl (C=O) groups is 2. The molecule has 6 heteroatoms. The van der Waals surface area contributed by atoms with Gasteiger partial charge < -0.3 is 10.4 Å². The topological polar surface area (TPSA) is 66.4 Å². The molecule has 0 heterocycles. The third kappa shape index (κ3) is 4.70. The summed E-state index contributed by atoms with van der Waals surface area (Å²) in [6.45, 7) is 1.35. The molecule has 2 aromatic carbocycles. The smallest absolute Gasteiger partial charge is 0.251 e. The van der Waals surface area contributed by atoms with E-state index >= 15 is 0 Å². The summed E-state index contributed by atoms with van der Waals surface area (Å²) in [4.78, 5) is 23.1. The first-order chi connectivity index (χ1) is 11.4. The molecule has 0 spiro atoms. The fraction of sp³-hybridized carbons (Fsp3) is 0.222. The molecule has 2 aromatic rings. The van der Waals surface area contributed by atoms with Crippen LogP contribution in [0.15, 0.2) is 42.5 Å². The first-order valence-electron chi connectivity index (χ1n) is 7.38. The molecule has 0 aliphatic heterocycles. The largest absolute Gasteiger partial charge is 0.391 e. The van der Waals surface area contributed by atoms with Crippen LogP contribution in [-0.2, 0) is 6.42 Å². The first-order valence-corrected chi connectivity index (χ1v) is 7.38. The summed E-state index contributed by atoms with van der Waals surface area (Å²) in [5.74, 6) is -1.93. The van der Waals surface area contributed by atoms with Gasteiger partial charge in [0.15, 0.2) is 5.78 Å². The number of hydrogen-bond acceptors (Lipinski definition) is 3. The first kappa shape index (κ1) is 17.7. The Bertz CT molecular complexity index is 744. The molecule has 0 saturated heterocycles. The highest BCUT2D eigenvalue weighted by atomic mass is 19.1. The van der Waals surface area contributed by atoms with Crippen LogP contribution < -0.4 is 5.32 Å². The van der Waals surface area contributed by atoms with E-state index in [1.807, 2.05) is 0 Å². The maximum absolute atomic E-state index is 13.5. The summed E-state index contributed by atoms with van der Waals surface area (Å²) in [6.07, 6.45) is -1.05. The molecule has 4 nitrogen and oxygen atoms in total. The van der Waals surface area contributed by atoms with Gasteiger partial charge in [0.2, 0.25) is 0 Å². The van der Waals surface area contributed by atoms with Crippen LogP contribution in [0.3, 0.4) is 0 Å². The van der Waals surface area contributed by atoms with Crippen molar-refractivity contribution in [2.24, 2.45) is 0 Å². The van der Waals surface area contributed by atoms with E-state index in [2.05, 4.69) is 5.32 Å². The summed E-state index contributed by atoms with van der Waals surface area (Å²) < 4.78 is 26.3. The highest BCUT2D eigenvalue weighted by Gasteiger charge is 2.13. The molecule has 0 aliphatic rings. The van der Waals surface area contributed by atoms with Crippen LogP contribution in [0.4, 0.5) is 8.78 Å². The lowest BCUT2D eigenvalue weighted by molar-refractivity contribution is 0.0914. The minimum absolute atomic E-state index is 0.0460. The molecule has 126 valence electrons. The fourth-order valence-electron chi connectivity index (χ4n) is 2.18. The fourth-order valence-corrected chi connectivity index (χ4v) is 2.18. The van der Waals surface area contributed by atoms with Gasteiger partial charge in [0, 0.05) is 30.2 Å². The van der Waals surface area contributed by atoms with Gasteiger partial charge in [-0.05, 0) is 30.7 Å².